The van der Waals surface area contributed by atoms with Crippen LogP contribution in [0.15, 0.2) is 53.7 Å². The molecule has 0 spiro atoms. The fraction of sp³-hybridized carbons (Fsp3) is 0.263. The van der Waals surface area contributed by atoms with Gasteiger partial charge in [0.25, 0.3) is 0 Å². The van der Waals surface area contributed by atoms with Crippen LogP contribution >= 0.6 is 23.4 Å². The third-order valence-electron chi connectivity index (χ3n) is 3.79. The number of ether oxygens (including phenoxy) is 2. The molecular formula is C19H20ClN3O2S. The molecule has 1 aromatic heterocycles. The molecule has 0 aliphatic heterocycles. The molecule has 0 fully saturated rings. The van der Waals surface area contributed by atoms with Gasteiger partial charge in [-0.1, -0.05) is 23.4 Å². The van der Waals surface area contributed by atoms with E-state index in [-0.39, 0.29) is 0 Å². The highest BCUT2D eigenvalue weighted by Gasteiger charge is 2.11. The van der Waals surface area contributed by atoms with E-state index in [9.17, 15) is 0 Å². The van der Waals surface area contributed by atoms with Crippen molar-refractivity contribution in [2.75, 3.05) is 19.5 Å². The molecule has 7 heteroatoms. The molecule has 0 aliphatic carbocycles. The SMILES string of the molecule is COc1ccc(-c2nnc(SCCCOc3ccc(Cl)cc3)n2C)cc1. The average molecular weight is 390 g/mol. The van der Waals surface area contributed by atoms with Gasteiger partial charge in [-0.05, 0) is 55.0 Å². The lowest BCUT2D eigenvalue weighted by Gasteiger charge is -2.06. The number of aromatic nitrogens is 3. The summed E-state index contributed by atoms with van der Waals surface area (Å²) in [7, 11) is 3.63. The van der Waals surface area contributed by atoms with Crippen molar-refractivity contribution in [2.24, 2.45) is 7.05 Å². The van der Waals surface area contributed by atoms with E-state index >= 15 is 0 Å². The van der Waals surface area contributed by atoms with Gasteiger partial charge in [-0.15, -0.1) is 10.2 Å². The Kier molecular flexibility index (Phi) is 6.41. The molecule has 0 saturated heterocycles. The highest BCUT2D eigenvalue weighted by atomic mass is 35.5. The van der Waals surface area contributed by atoms with Gasteiger partial charge >= 0.3 is 0 Å². The zero-order valence-corrected chi connectivity index (χ0v) is 16.3. The highest BCUT2D eigenvalue weighted by Crippen LogP contribution is 2.24. The molecule has 2 aromatic carbocycles. The van der Waals surface area contributed by atoms with Crippen molar-refractivity contribution in [1.82, 2.24) is 14.8 Å². The topological polar surface area (TPSA) is 49.2 Å². The lowest BCUT2D eigenvalue weighted by atomic mass is 10.2. The van der Waals surface area contributed by atoms with Gasteiger partial charge in [-0.25, -0.2) is 0 Å². The first-order chi connectivity index (χ1) is 12.7. The zero-order valence-electron chi connectivity index (χ0n) is 14.7. The Morgan fingerprint density at radius 1 is 1.00 bits per heavy atom. The average Bonchev–Trinajstić information content (AvgIpc) is 3.03. The van der Waals surface area contributed by atoms with Gasteiger partial charge in [0.05, 0.1) is 13.7 Å². The molecule has 0 N–H and O–H groups in total. The number of halogens is 1. The van der Waals surface area contributed by atoms with Crippen LogP contribution in [0.5, 0.6) is 11.5 Å². The van der Waals surface area contributed by atoms with Gasteiger partial charge in [0.1, 0.15) is 11.5 Å². The Bertz CT molecular complexity index is 835. The van der Waals surface area contributed by atoms with E-state index in [2.05, 4.69) is 10.2 Å². The molecule has 26 heavy (non-hydrogen) atoms. The van der Waals surface area contributed by atoms with Crippen molar-refractivity contribution >= 4 is 23.4 Å². The van der Waals surface area contributed by atoms with Crippen molar-refractivity contribution in [1.29, 1.82) is 0 Å². The van der Waals surface area contributed by atoms with Crippen molar-refractivity contribution in [3.05, 3.63) is 53.6 Å². The molecule has 0 radical (unpaired) electrons. The standard InChI is InChI=1S/C19H20ClN3O2S/c1-23-18(14-4-8-16(24-2)9-5-14)21-22-19(23)26-13-3-12-25-17-10-6-15(20)7-11-17/h4-11H,3,12-13H2,1-2H3. The second-order valence-electron chi connectivity index (χ2n) is 5.60. The molecule has 0 saturated carbocycles. The molecule has 1 heterocycles. The van der Waals surface area contributed by atoms with Gasteiger partial charge in [0.2, 0.25) is 0 Å². The van der Waals surface area contributed by atoms with E-state index in [0.29, 0.717) is 11.6 Å². The molecule has 3 rings (SSSR count). The number of nitrogens with zero attached hydrogens (tertiary/aromatic N) is 3. The third kappa shape index (κ3) is 4.71. The lowest BCUT2D eigenvalue weighted by Crippen LogP contribution is -2.00. The molecule has 0 aliphatic rings. The van der Waals surface area contributed by atoms with Crippen LogP contribution in [0.2, 0.25) is 5.02 Å². The maximum Gasteiger partial charge on any atom is 0.191 e. The monoisotopic (exact) mass is 389 g/mol. The first-order valence-corrected chi connectivity index (χ1v) is 9.58. The van der Waals surface area contributed by atoms with E-state index in [1.807, 2.05) is 60.1 Å². The van der Waals surface area contributed by atoms with Crippen LogP contribution < -0.4 is 9.47 Å². The highest BCUT2D eigenvalue weighted by molar-refractivity contribution is 7.99. The fourth-order valence-electron chi connectivity index (χ4n) is 2.38. The fourth-order valence-corrected chi connectivity index (χ4v) is 3.32. The number of thioether (sulfide) groups is 1. The summed E-state index contributed by atoms with van der Waals surface area (Å²) >= 11 is 7.53. The van der Waals surface area contributed by atoms with Gasteiger partial charge in [-0.2, -0.15) is 0 Å². The Labute approximate surface area is 162 Å². The van der Waals surface area contributed by atoms with Gasteiger partial charge in [0.15, 0.2) is 11.0 Å². The minimum absolute atomic E-state index is 0.651. The summed E-state index contributed by atoms with van der Waals surface area (Å²) in [6, 6.07) is 15.2. The molecule has 0 atom stereocenters. The Hall–Kier alpha value is -2.18. The van der Waals surface area contributed by atoms with Gasteiger partial charge in [0, 0.05) is 23.4 Å². The van der Waals surface area contributed by atoms with E-state index in [0.717, 1.165) is 40.2 Å². The Morgan fingerprint density at radius 3 is 2.38 bits per heavy atom. The molecule has 0 unspecified atom stereocenters. The van der Waals surface area contributed by atoms with Gasteiger partial charge in [-0.3, -0.25) is 0 Å². The quantitative estimate of drug-likeness (QED) is 0.412. The molecular weight excluding hydrogens is 370 g/mol. The maximum absolute atomic E-state index is 5.86. The number of hydrogen-bond donors (Lipinski definition) is 0. The summed E-state index contributed by atoms with van der Waals surface area (Å²) in [6.45, 7) is 0.651. The number of benzene rings is 2. The second-order valence-corrected chi connectivity index (χ2v) is 7.10. The normalized spacial score (nSPS) is 10.7. The summed E-state index contributed by atoms with van der Waals surface area (Å²) in [6.07, 6.45) is 0.915. The summed E-state index contributed by atoms with van der Waals surface area (Å²) in [5.74, 6) is 3.40. The second kappa shape index (κ2) is 8.96. The summed E-state index contributed by atoms with van der Waals surface area (Å²) < 4.78 is 12.9. The summed E-state index contributed by atoms with van der Waals surface area (Å²) in [5, 5.41) is 10.2. The number of methoxy groups -OCH3 is 1. The minimum atomic E-state index is 0.651. The molecule has 0 bridgehead atoms. The van der Waals surface area contributed by atoms with Crippen molar-refractivity contribution in [3.8, 4) is 22.9 Å². The molecule has 5 nitrogen and oxygen atoms in total. The largest absolute Gasteiger partial charge is 0.497 e. The van der Waals surface area contributed by atoms with E-state index in [1.54, 1.807) is 18.9 Å². The van der Waals surface area contributed by atoms with E-state index in [1.165, 1.54) is 0 Å². The van der Waals surface area contributed by atoms with Crippen LogP contribution in [0, 0.1) is 0 Å². The predicted octanol–water partition coefficient (Wildman–Crippen LogP) is 4.71. The Balaban J connectivity index is 1.49. The molecule has 136 valence electrons. The number of rotatable bonds is 8. The Morgan fingerprint density at radius 2 is 1.69 bits per heavy atom. The van der Waals surface area contributed by atoms with Crippen LogP contribution in [0.25, 0.3) is 11.4 Å². The van der Waals surface area contributed by atoms with Crippen LogP contribution in [0.1, 0.15) is 6.42 Å². The van der Waals surface area contributed by atoms with Crippen LogP contribution in [-0.2, 0) is 7.05 Å². The maximum atomic E-state index is 5.86. The third-order valence-corrected chi connectivity index (χ3v) is 5.14. The van der Waals surface area contributed by atoms with Crippen molar-refractivity contribution in [3.63, 3.8) is 0 Å². The summed E-state index contributed by atoms with van der Waals surface area (Å²) in [5.41, 5.74) is 1.01. The van der Waals surface area contributed by atoms with Crippen molar-refractivity contribution in [2.45, 2.75) is 11.6 Å². The van der Waals surface area contributed by atoms with Crippen LogP contribution in [0.3, 0.4) is 0 Å². The van der Waals surface area contributed by atoms with Gasteiger partial charge < -0.3 is 14.0 Å². The first kappa shape index (κ1) is 18.6. The zero-order chi connectivity index (χ0) is 18.4. The van der Waals surface area contributed by atoms with Crippen LogP contribution in [0.4, 0.5) is 0 Å². The molecule has 3 aromatic rings. The van der Waals surface area contributed by atoms with E-state index in [4.69, 9.17) is 21.1 Å². The summed E-state index contributed by atoms with van der Waals surface area (Å²) in [4.78, 5) is 0. The molecule has 0 amide bonds. The first-order valence-electron chi connectivity index (χ1n) is 8.22. The minimum Gasteiger partial charge on any atom is -0.497 e. The lowest BCUT2D eigenvalue weighted by molar-refractivity contribution is 0.318. The van der Waals surface area contributed by atoms with Crippen LogP contribution in [-0.4, -0.2) is 34.2 Å². The predicted molar refractivity (Wildman–Crippen MR) is 105 cm³/mol. The van der Waals surface area contributed by atoms with E-state index < -0.39 is 0 Å². The van der Waals surface area contributed by atoms with Crippen molar-refractivity contribution < 1.29 is 9.47 Å². The smallest absolute Gasteiger partial charge is 0.191 e. The number of hydrogen-bond acceptors (Lipinski definition) is 5.